The number of benzene rings is 1. The van der Waals surface area contributed by atoms with Gasteiger partial charge < -0.3 is 0 Å². The Bertz CT molecular complexity index is 449. The Balaban J connectivity index is 2.32. The van der Waals surface area contributed by atoms with Crippen molar-refractivity contribution >= 4 is 17.6 Å². The zero-order valence-electron chi connectivity index (χ0n) is 7.75. The molecule has 1 aromatic rings. The molecular weight excluding hydrogens is 194 g/mol. The zero-order valence-corrected chi connectivity index (χ0v) is 7.75. The van der Waals surface area contributed by atoms with Gasteiger partial charge in [-0.05, 0) is 12.1 Å². The average molecular weight is 201 g/mol. The molecule has 0 aliphatic carbocycles. The van der Waals surface area contributed by atoms with Crippen LogP contribution in [-0.4, -0.2) is 23.4 Å². The number of rotatable bonds is 1. The Hall–Kier alpha value is -2.35. The van der Waals surface area contributed by atoms with Crippen molar-refractivity contribution in [3.63, 3.8) is 0 Å². The fourth-order valence-electron chi connectivity index (χ4n) is 1.41. The molecule has 74 valence electrons. The minimum absolute atomic E-state index is 0.0730. The van der Waals surface area contributed by atoms with Gasteiger partial charge in [-0.25, -0.2) is 4.79 Å². The molecule has 1 fully saturated rings. The van der Waals surface area contributed by atoms with Gasteiger partial charge in [0, 0.05) is 5.69 Å². The monoisotopic (exact) mass is 201 g/mol. The summed E-state index contributed by atoms with van der Waals surface area (Å²) in [6.07, 6.45) is 1.56. The lowest BCUT2D eigenvalue weighted by atomic mass is 10.3. The molecule has 1 aliphatic rings. The SMILES string of the molecule is N#CN1C(=O)CN(c2ccccc2)C1=O. The fraction of sp³-hybridized carbons (Fsp3) is 0.100. The number of imide groups is 1. The molecule has 5 nitrogen and oxygen atoms in total. The lowest BCUT2D eigenvalue weighted by molar-refractivity contribution is -0.122. The predicted molar refractivity (Wildman–Crippen MR) is 51.6 cm³/mol. The van der Waals surface area contributed by atoms with E-state index in [9.17, 15) is 9.59 Å². The van der Waals surface area contributed by atoms with Crippen molar-refractivity contribution in [1.82, 2.24) is 4.90 Å². The molecule has 5 heteroatoms. The number of amides is 3. The minimum atomic E-state index is -0.589. The summed E-state index contributed by atoms with van der Waals surface area (Å²) in [5.41, 5.74) is 0.619. The molecule has 15 heavy (non-hydrogen) atoms. The summed E-state index contributed by atoms with van der Waals surface area (Å²) in [4.78, 5) is 24.6. The smallest absolute Gasteiger partial charge is 0.284 e. The molecule has 1 aromatic carbocycles. The van der Waals surface area contributed by atoms with E-state index in [0.29, 0.717) is 10.6 Å². The van der Waals surface area contributed by atoms with Gasteiger partial charge in [0.2, 0.25) is 0 Å². The van der Waals surface area contributed by atoms with Crippen LogP contribution >= 0.6 is 0 Å². The quantitative estimate of drug-likeness (QED) is 0.501. The number of nitriles is 1. The maximum Gasteiger partial charge on any atom is 0.345 e. The van der Waals surface area contributed by atoms with Crippen LogP contribution in [0.15, 0.2) is 30.3 Å². The molecule has 1 aliphatic heterocycles. The lowest BCUT2D eigenvalue weighted by Gasteiger charge is -2.12. The Morgan fingerprint density at radius 2 is 1.87 bits per heavy atom. The predicted octanol–water partition coefficient (Wildman–Crippen LogP) is 0.936. The number of urea groups is 1. The highest BCUT2D eigenvalue weighted by Crippen LogP contribution is 2.19. The summed E-state index contributed by atoms with van der Waals surface area (Å²) in [5.74, 6) is -0.494. The van der Waals surface area contributed by atoms with Gasteiger partial charge in [-0.2, -0.15) is 10.2 Å². The molecule has 0 aromatic heterocycles. The van der Waals surface area contributed by atoms with Crippen molar-refractivity contribution in [3.8, 4) is 6.19 Å². The number of carbonyl (C=O) groups excluding carboxylic acids is 2. The third kappa shape index (κ3) is 1.42. The maximum atomic E-state index is 11.6. The Morgan fingerprint density at radius 1 is 1.20 bits per heavy atom. The maximum absolute atomic E-state index is 11.6. The summed E-state index contributed by atoms with van der Waals surface area (Å²) < 4.78 is 0. The highest BCUT2D eigenvalue weighted by molar-refractivity contribution is 6.13. The topological polar surface area (TPSA) is 64.4 Å². The van der Waals surface area contributed by atoms with Crippen molar-refractivity contribution < 1.29 is 9.59 Å². The normalized spacial score (nSPS) is 15.7. The molecule has 0 spiro atoms. The first-order chi connectivity index (χ1) is 7.24. The number of hydrogen-bond acceptors (Lipinski definition) is 3. The Labute approximate surface area is 86.1 Å². The van der Waals surface area contributed by atoms with E-state index in [2.05, 4.69) is 0 Å². The van der Waals surface area contributed by atoms with E-state index < -0.39 is 11.9 Å². The summed E-state index contributed by atoms with van der Waals surface area (Å²) in [6, 6.07) is 8.18. The molecular formula is C10H7N3O2. The van der Waals surface area contributed by atoms with Crippen molar-refractivity contribution in [3.05, 3.63) is 30.3 Å². The van der Waals surface area contributed by atoms with Gasteiger partial charge in [-0.3, -0.25) is 9.69 Å². The lowest BCUT2D eigenvalue weighted by Crippen LogP contribution is -2.29. The molecule has 0 bridgehead atoms. The highest BCUT2D eigenvalue weighted by Gasteiger charge is 2.37. The van der Waals surface area contributed by atoms with Gasteiger partial charge in [0.05, 0.1) is 0 Å². The van der Waals surface area contributed by atoms with Crippen molar-refractivity contribution in [2.45, 2.75) is 0 Å². The summed E-state index contributed by atoms with van der Waals surface area (Å²) >= 11 is 0. The largest absolute Gasteiger partial charge is 0.345 e. The zero-order chi connectivity index (χ0) is 10.8. The molecule has 1 saturated heterocycles. The van der Waals surface area contributed by atoms with Crippen LogP contribution in [-0.2, 0) is 4.79 Å². The van der Waals surface area contributed by atoms with E-state index in [4.69, 9.17) is 5.26 Å². The second kappa shape index (κ2) is 3.42. The van der Waals surface area contributed by atoms with E-state index in [-0.39, 0.29) is 6.54 Å². The highest BCUT2D eigenvalue weighted by atomic mass is 16.2. The van der Waals surface area contributed by atoms with Gasteiger partial charge in [-0.1, -0.05) is 18.2 Å². The van der Waals surface area contributed by atoms with Gasteiger partial charge in [0.15, 0.2) is 6.19 Å². The Morgan fingerprint density at radius 3 is 2.40 bits per heavy atom. The molecule has 0 radical (unpaired) electrons. The standard InChI is InChI=1S/C10H7N3O2/c11-7-13-9(14)6-12(10(13)15)8-4-2-1-3-5-8/h1-5H,6H2. The van der Waals surface area contributed by atoms with Crippen molar-refractivity contribution in [2.75, 3.05) is 11.4 Å². The number of para-hydroxylation sites is 1. The second-order valence-corrected chi connectivity index (χ2v) is 3.03. The summed E-state index contributed by atoms with van der Waals surface area (Å²) in [7, 11) is 0. The van der Waals surface area contributed by atoms with Crippen LogP contribution in [0.25, 0.3) is 0 Å². The molecule has 0 N–H and O–H groups in total. The minimum Gasteiger partial charge on any atom is -0.284 e. The fourth-order valence-corrected chi connectivity index (χ4v) is 1.41. The van der Waals surface area contributed by atoms with Crippen LogP contribution in [0, 0.1) is 11.5 Å². The number of anilines is 1. The van der Waals surface area contributed by atoms with Gasteiger partial charge in [-0.15, -0.1) is 0 Å². The van der Waals surface area contributed by atoms with Crippen LogP contribution in [0.5, 0.6) is 0 Å². The average Bonchev–Trinajstić information content (AvgIpc) is 2.55. The van der Waals surface area contributed by atoms with Gasteiger partial charge in [0.25, 0.3) is 5.91 Å². The molecule has 3 amide bonds. The molecule has 0 unspecified atom stereocenters. The first-order valence-electron chi connectivity index (χ1n) is 4.33. The Kier molecular flexibility index (Phi) is 2.10. The number of carbonyl (C=O) groups is 2. The van der Waals surface area contributed by atoms with Gasteiger partial charge >= 0.3 is 6.03 Å². The van der Waals surface area contributed by atoms with Crippen LogP contribution in [0.3, 0.4) is 0 Å². The van der Waals surface area contributed by atoms with Crippen LogP contribution in [0.2, 0.25) is 0 Å². The third-order valence-electron chi connectivity index (χ3n) is 2.13. The van der Waals surface area contributed by atoms with E-state index in [1.165, 1.54) is 4.90 Å². The van der Waals surface area contributed by atoms with Crippen molar-refractivity contribution in [1.29, 1.82) is 5.26 Å². The first-order valence-corrected chi connectivity index (χ1v) is 4.33. The van der Waals surface area contributed by atoms with E-state index in [0.717, 1.165) is 0 Å². The van der Waals surface area contributed by atoms with Gasteiger partial charge in [0.1, 0.15) is 6.54 Å². The third-order valence-corrected chi connectivity index (χ3v) is 2.13. The second-order valence-electron chi connectivity index (χ2n) is 3.03. The number of hydrogen-bond donors (Lipinski definition) is 0. The van der Waals surface area contributed by atoms with E-state index >= 15 is 0 Å². The van der Waals surface area contributed by atoms with Crippen molar-refractivity contribution in [2.24, 2.45) is 0 Å². The van der Waals surface area contributed by atoms with Crippen LogP contribution in [0.1, 0.15) is 0 Å². The van der Waals surface area contributed by atoms with Crippen LogP contribution < -0.4 is 4.90 Å². The van der Waals surface area contributed by atoms with E-state index in [1.807, 2.05) is 6.07 Å². The number of nitrogens with zero attached hydrogens (tertiary/aromatic N) is 3. The first kappa shape index (κ1) is 9.21. The molecule has 0 atom stereocenters. The van der Waals surface area contributed by atoms with E-state index in [1.54, 1.807) is 30.5 Å². The molecule has 2 rings (SSSR count). The summed E-state index contributed by atoms with van der Waals surface area (Å²) in [5, 5.41) is 8.58. The van der Waals surface area contributed by atoms with Crippen LogP contribution in [0.4, 0.5) is 10.5 Å². The molecule has 1 heterocycles. The molecule has 0 saturated carbocycles. The summed E-state index contributed by atoms with van der Waals surface area (Å²) in [6.45, 7) is -0.0730.